The number of nitrogens with zero attached hydrogens (tertiary/aromatic N) is 1. The highest BCUT2D eigenvalue weighted by Gasteiger charge is 2.21. The number of anilines is 1. The predicted octanol–water partition coefficient (Wildman–Crippen LogP) is 4.71. The fourth-order valence-corrected chi connectivity index (χ4v) is 2.73. The third-order valence-corrected chi connectivity index (χ3v) is 4.17. The van der Waals surface area contributed by atoms with Crippen molar-refractivity contribution in [2.24, 2.45) is 0 Å². The van der Waals surface area contributed by atoms with Crippen LogP contribution in [-0.2, 0) is 0 Å². The van der Waals surface area contributed by atoms with E-state index in [1.54, 1.807) is 19.1 Å². The van der Waals surface area contributed by atoms with E-state index in [-0.39, 0.29) is 12.1 Å². The molecule has 0 saturated heterocycles. The first-order valence-corrected chi connectivity index (χ1v) is 8.40. The summed E-state index contributed by atoms with van der Waals surface area (Å²) >= 11 is 0. The molecule has 0 bridgehead atoms. The lowest BCUT2D eigenvalue weighted by atomic mass is 10.0. The van der Waals surface area contributed by atoms with Gasteiger partial charge in [-0.25, -0.2) is 4.79 Å². The average Bonchev–Trinajstić information content (AvgIpc) is 2.66. The van der Waals surface area contributed by atoms with Crippen LogP contribution in [0.15, 0.2) is 48.5 Å². The van der Waals surface area contributed by atoms with Gasteiger partial charge in [0.1, 0.15) is 11.5 Å². The molecule has 1 unspecified atom stereocenters. The lowest BCUT2D eigenvalue weighted by molar-refractivity contribution is 0.200. The molecule has 134 valence electrons. The fourth-order valence-electron chi connectivity index (χ4n) is 2.73. The molecule has 0 radical (unpaired) electrons. The Bertz CT molecular complexity index is 686. The van der Waals surface area contributed by atoms with Gasteiger partial charge >= 0.3 is 6.03 Å². The van der Waals surface area contributed by atoms with Crippen molar-refractivity contribution in [3.63, 3.8) is 0 Å². The average molecular weight is 342 g/mol. The summed E-state index contributed by atoms with van der Waals surface area (Å²) in [5.41, 5.74) is 1.80. The van der Waals surface area contributed by atoms with Crippen LogP contribution in [0.25, 0.3) is 0 Å². The van der Waals surface area contributed by atoms with E-state index in [0.29, 0.717) is 0 Å². The third kappa shape index (κ3) is 4.89. The zero-order valence-electron chi connectivity index (χ0n) is 15.3. The third-order valence-electron chi connectivity index (χ3n) is 4.17. The summed E-state index contributed by atoms with van der Waals surface area (Å²) in [6.45, 7) is 2.11. The fraction of sp³-hybridized carbons (Fsp3) is 0.350. The van der Waals surface area contributed by atoms with Crippen molar-refractivity contribution in [3.05, 3.63) is 54.1 Å². The van der Waals surface area contributed by atoms with Crippen molar-refractivity contribution in [2.45, 2.75) is 25.8 Å². The molecule has 0 aliphatic rings. The van der Waals surface area contributed by atoms with Crippen LogP contribution < -0.4 is 14.8 Å². The molecular weight excluding hydrogens is 316 g/mol. The molecule has 2 rings (SSSR count). The zero-order valence-corrected chi connectivity index (χ0v) is 15.3. The molecule has 1 atom stereocenters. The molecule has 2 aromatic carbocycles. The molecule has 0 heterocycles. The summed E-state index contributed by atoms with van der Waals surface area (Å²) in [4.78, 5) is 14.4. The first-order chi connectivity index (χ1) is 12.1. The Labute approximate surface area is 149 Å². The van der Waals surface area contributed by atoms with Crippen molar-refractivity contribution in [3.8, 4) is 11.5 Å². The number of rotatable bonds is 7. The van der Waals surface area contributed by atoms with Gasteiger partial charge in [0.25, 0.3) is 0 Å². The Morgan fingerprint density at radius 3 is 2.36 bits per heavy atom. The second kappa shape index (κ2) is 8.97. The van der Waals surface area contributed by atoms with Crippen LogP contribution in [-0.4, -0.2) is 32.2 Å². The smallest absolute Gasteiger partial charge is 0.322 e. The molecule has 0 fully saturated rings. The van der Waals surface area contributed by atoms with E-state index in [0.717, 1.165) is 35.6 Å². The van der Waals surface area contributed by atoms with Gasteiger partial charge in [-0.1, -0.05) is 25.5 Å². The number of benzene rings is 2. The number of methoxy groups -OCH3 is 2. The molecule has 0 spiro atoms. The predicted molar refractivity (Wildman–Crippen MR) is 100 cm³/mol. The van der Waals surface area contributed by atoms with E-state index in [2.05, 4.69) is 12.2 Å². The van der Waals surface area contributed by atoms with Crippen molar-refractivity contribution in [1.29, 1.82) is 0 Å². The van der Waals surface area contributed by atoms with Gasteiger partial charge in [0.15, 0.2) is 0 Å². The second-order valence-electron chi connectivity index (χ2n) is 5.85. The molecule has 5 heteroatoms. The van der Waals surface area contributed by atoms with E-state index in [9.17, 15) is 4.79 Å². The van der Waals surface area contributed by atoms with Gasteiger partial charge in [-0.3, -0.25) is 0 Å². The van der Waals surface area contributed by atoms with Gasteiger partial charge in [-0.05, 0) is 48.4 Å². The number of urea groups is 1. The van der Waals surface area contributed by atoms with Crippen LogP contribution in [0.5, 0.6) is 11.5 Å². The highest BCUT2D eigenvalue weighted by molar-refractivity contribution is 5.89. The molecule has 1 N–H and O–H groups in total. The minimum absolute atomic E-state index is 0.0154. The molecule has 0 aliphatic heterocycles. The van der Waals surface area contributed by atoms with Crippen LogP contribution in [0.1, 0.15) is 31.4 Å². The molecule has 0 aromatic heterocycles. The quantitative estimate of drug-likeness (QED) is 0.793. The van der Waals surface area contributed by atoms with Crippen LogP contribution >= 0.6 is 0 Å². The van der Waals surface area contributed by atoms with E-state index < -0.39 is 0 Å². The number of ether oxygens (including phenoxy) is 2. The zero-order chi connectivity index (χ0) is 18.2. The summed E-state index contributed by atoms with van der Waals surface area (Å²) in [6, 6.07) is 15.0. The number of hydrogen-bond acceptors (Lipinski definition) is 3. The van der Waals surface area contributed by atoms with E-state index in [4.69, 9.17) is 9.47 Å². The monoisotopic (exact) mass is 342 g/mol. The minimum atomic E-state index is -0.147. The summed E-state index contributed by atoms with van der Waals surface area (Å²) in [5.74, 6) is 1.55. The normalized spacial score (nSPS) is 11.5. The van der Waals surface area contributed by atoms with E-state index >= 15 is 0 Å². The van der Waals surface area contributed by atoms with Crippen LogP contribution in [0.3, 0.4) is 0 Å². The summed E-state index contributed by atoms with van der Waals surface area (Å²) in [6.07, 6.45) is 1.85. The second-order valence-corrected chi connectivity index (χ2v) is 5.85. The maximum atomic E-state index is 12.7. The van der Waals surface area contributed by atoms with E-state index in [1.165, 1.54) is 0 Å². The first-order valence-electron chi connectivity index (χ1n) is 8.40. The maximum Gasteiger partial charge on any atom is 0.322 e. The lowest BCUT2D eigenvalue weighted by Crippen LogP contribution is -2.34. The Balaban J connectivity index is 2.14. The van der Waals surface area contributed by atoms with Gasteiger partial charge in [0, 0.05) is 12.7 Å². The topological polar surface area (TPSA) is 50.8 Å². The van der Waals surface area contributed by atoms with Crippen LogP contribution in [0.2, 0.25) is 0 Å². The Kier molecular flexibility index (Phi) is 6.69. The Hall–Kier alpha value is -2.69. The standard InChI is InChI=1S/C20H26N2O3/c1-5-7-19(15-8-6-9-18(14-15)25-4)22(2)20(23)21-16-10-12-17(24-3)13-11-16/h6,8-14,19H,5,7H2,1-4H3,(H,21,23). The molecule has 25 heavy (non-hydrogen) atoms. The van der Waals surface area contributed by atoms with Gasteiger partial charge in [-0.2, -0.15) is 0 Å². The summed E-state index contributed by atoms with van der Waals surface area (Å²) in [7, 11) is 5.08. The van der Waals surface area contributed by atoms with Gasteiger partial charge < -0.3 is 19.7 Å². The number of nitrogens with one attached hydrogen (secondary N) is 1. The highest BCUT2D eigenvalue weighted by atomic mass is 16.5. The van der Waals surface area contributed by atoms with E-state index in [1.807, 2.05) is 55.6 Å². The van der Waals surface area contributed by atoms with Gasteiger partial charge in [0.05, 0.1) is 20.3 Å². The molecule has 2 aromatic rings. The summed E-state index contributed by atoms with van der Waals surface area (Å²) in [5, 5.41) is 2.93. The number of carbonyl (C=O) groups excluding carboxylic acids is 1. The van der Waals surface area contributed by atoms with Crippen molar-refractivity contribution in [1.82, 2.24) is 4.90 Å². The maximum absolute atomic E-state index is 12.7. The summed E-state index contributed by atoms with van der Waals surface area (Å²) < 4.78 is 10.4. The van der Waals surface area contributed by atoms with Crippen LogP contribution in [0.4, 0.5) is 10.5 Å². The number of hydrogen-bond donors (Lipinski definition) is 1. The SMILES string of the molecule is CCCC(c1cccc(OC)c1)N(C)C(=O)Nc1ccc(OC)cc1. The van der Waals surface area contributed by atoms with Gasteiger partial charge in [-0.15, -0.1) is 0 Å². The Morgan fingerprint density at radius 2 is 1.76 bits per heavy atom. The molecule has 2 amide bonds. The first kappa shape index (κ1) is 18.6. The molecule has 0 aliphatic carbocycles. The minimum Gasteiger partial charge on any atom is -0.497 e. The van der Waals surface area contributed by atoms with Crippen molar-refractivity contribution < 1.29 is 14.3 Å². The molecule has 5 nitrogen and oxygen atoms in total. The molecular formula is C20H26N2O3. The Morgan fingerprint density at radius 1 is 1.08 bits per heavy atom. The van der Waals surface area contributed by atoms with Gasteiger partial charge in [0.2, 0.25) is 0 Å². The van der Waals surface area contributed by atoms with Crippen molar-refractivity contribution >= 4 is 11.7 Å². The number of carbonyl (C=O) groups is 1. The molecule has 0 saturated carbocycles. The highest BCUT2D eigenvalue weighted by Crippen LogP contribution is 2.28. The lowest BCUT2D eigenvalue weighted by Gasteiger charge is -2.29. The van der Waals surface area contributed by atoms with Crippen LogP contribution in [0, 0.1) is 0 Å². The largest absolute Gasteiger partial charge is 0.497 e. The van der Waals surface area contributed by atoms with Crippen molar-refractivity contribution in [2.75, 3.05) is 26.6 Å². The number of amides is 2.